The van der Waals surface area contributed by atoms with Crippen molar-refractivity contribution >= 4 is 49.9 Å². The molecule has 0 fully saturated rings. The van der Waals surface area contributed by atoms with Gasteiger partial charge in [0.1, 0.15) is 27.0 Å². The standard InChI is InChI=1S/C10H4BrIN4O2/c11-7-1-2-8(10(9(7)12)16(17)18)15-5-6(3-13)4-14/h1-2,5,15H. The largest absolute Gasteiger partial charge is 0.354 e. The molecule has 0 amide bonds. The van der Waals surface area contributed by atoms with Crippen LogP contribution in [0.2, 0.25) is 0 Å². The highest BCUT2D eigenvalue weighted by Gasteiger charge is 2.20. The van der Waals surface area contributed by atoms with Crippen molar-refractivity contribution in [1.82, 2.24) is 0 Å². The van der Waals surface area contributed by atoms with Crippen LogP contribution in [0.3, 0.4) is 0 Å². The van der Waals surface area contributed by atoms with Crippen molar-refractivity contribution in [3.63, 3.8) is 0 Å². The predicted octanol–water partition coefficient (Wildman–Crippen LogP) is 3.30. The lowest BCUT2D eigenvalue weighted by atomic mass is 10.2. The predicted molar refractivity (Wildman–Crippen MR) is 76.4 cm³/mol. The normalized spacial score (nSPS) is 8.89. The molecule has 18 heavy (non-hydrogen) atoms. The number of hydrogen-bond acceptors (Lipinski definition) is 5. The van der Waals surface area contributed by atoms with Crippen LogP contribution in [0.1, 0.15) is 0 Å². The van der Waals surface area contributed by atoms with Crippen LogP contribution in [0.15, 0.2) is 28.4 Å². The maximum Gasteiger partial charge on any atom is 0.307 e. The Labute approximate surface area is 124 Å². The highest BCUT2D eigenvalue weighted by molar-refractivity contribution is 14.1. The van der Waals surface area contributed by atoms with Gasteiger partial charge in [-0.25, -0.2) is 0 Å². The molecular weight excluding hydrogens is 415 g/mol. The summed E-state index contributed by atoms with van der Waals surface area (Å²) in [5.74, 6) is 0. The number of anilines is 1. The zero-order valence-corrected chi connectivity index (χ0v) is 12.4. The lowest BCUT2D eigenvalue weighted by Gasteiger charge is -2.05. The van der Waals surface area contributed by atoms with Crippen LogP contribution in [-0.4, -0.2) is 4.92 Å². The van der Waals surface area contributed by atoms with Crippen LogP contribution < -0.4 is 5.32 Å². The van der Waals surface area contributed by atoms with E-state index in [1.54, 1.807) is 18.2 Å². The average Bonchev–Trinajstić information content (AvgIpc) is 2.34. The van der Waals surface area contributed by atoms with Crippen molar-refractivity contribution in [2.75, 3.05) is 5.32 Å². The molecule has 1 N–H and O–H groups in total. The molecular formula is C10H4BrIN4O2. The highest BCUT2D eigenvalue weighted by Crippen LogP contribution is 2.35. The van der Waals surface area contributed by atoms with Crippen molar-refractivity contribution in [3.05, 3.63) is 42.1 Å². The van der Waals surface area contributed by atoms with Crippen LogP contribution in [0.4, 0.5) is 11.4 Å². The van der Waals surface area contributed by atoms with Crippen LogP contribution in [-0.2, 0) is 0 Å². The number of nitro groups is 1. The number of halogens is 2. The molecule has 0 saturated carbocycles. The highest BCUT2D eigenvalue weighted by atomic mass is 127. The van der Waals surface area contributed by atoms with Crippen molar-refractivity contribution in [1.29, 1.82) is 10.5 Å². The van der Waals surface area contributed by atoms with E-state index < -0.39 is 4.92 Å². The first kappa shape index (κ1) is 14.4. The van der Waals surface area contributed by atoms with E-state index in [1.165, 1.54) is 6.07 Å². The van der Waals surface area contributed by atoms with E-state index in [4.69, 9.17) is 10.5 Å². The molecule has 1 aromatic rings. The second-order valence-electron chi connectivity index (χ2n) is 2.94. The van der Waals surface area contributed by atoms with E-state index in [9.17, 15) is 10.1 Å². The first-order valence-corrected chi connectivity index (χ1v) is 6.27. The third-order valence-corrected chi connectivity index (χ3v) is 4.36. The van der Waals surface area contributed by atoms with Gasteiger partial charge in [0.2, 0.25) is 0 Å². The number of nitro benzene ring substituents is 1. The summed E-state index contributed by atoms with van der Waals surface area (Å²) < 4.78 is 1.04. The lowest BCUT2D eigenvalue weighted by molar-refractivity contribution is -0.384. The summed E-state index contributed by atoms with van der Waals surface area (Å²) in [6.07, 6.45) is 1.13. The van der Waals surface area contributed by atoms with Gasteiger partial charge in [-0.3, -0.25) is 10.1 Å². The Bertz CT molecular complexity index is 600. The molecule has 0 radical (unpaired) electrons. The van der Waals surface area contributed by atoms with Crippen LogP contribution in [0.5, 0.6) is 0 Å². The second kappa shape index (κ2) is 6.33. The van der Waals surface area contributed by atoms with E-state index in [1.807, 2.05) is 22.6 Å². The smallest absolute Gasteiger partial charge is 0.307 e. The molecule has 0 aromatic heterocycles. The Kier molecular flexibility index (Phi) is 5.07. The number of rotatable bonds is 3. The van der Waals surface area contributed by atoms with E-state index in [0.717, 1.165) is 6.20 Å². The number of allylic oxidation sites excluding steroid dienone is 1. The fourth-order valence-corrected chi connectivity index (χ4v) is 2.06. The lowest BCUT2D eigenvalue weighted by Crippen LogP contribution is -1.99. The van der Waals surface area contributed by atoms with Gasteiger partial charge in [0.25, 0.3) is 0 Å². The molecule has 0 aliphatic carbocycles. The maximum atomic E-state index is 11.0. The third-order valence-electron chi connectivity index (χ3n) is 1.86. The molecule has 1 rings (SSSR count). The van der Waals surface area contributed by atoms with Crippen molar-refractivity contribution in [2.45, 2.75) is 0 Å². The minimum Gasteiger partial charge on any atom is -0.354 e. The van der Waals surface area contributed by atoms with Crippen molar-refractivity contribution in [3.8, 4) is 12.1 Å². The summed E-state index contributed by atoms with van der Waals surface area (Å²) >= 11 is 5.04. The fourth-order valence-electron chi connectivity index (χ4n) is 1.07. The van der Waals surface area contributed by atoms with Gasteiger partial charge in [-0.1, -0.05) is 0 Å². The molecule has 0 heterocycles. The Morgan fingerprint density at radius 2 is 2.11 bits per heavy atom. The van der Waals surface area contributed by atoms with Crippen LogP contribution in [0, 0.1) is 36.3 Å². The molecule has 0 atom stereocenters. The fraction of sp³-hybridized carbons (Fsp3) is 0. The summed E-state index contributed by atoms with van der Waals surface area (Å²) in [4.78, 5) is 10.4. The molecule has 0 aliphatic rings. The zero-order chi connectivity index (χ0) is 13.7. The van der Waals surface area contributed by atoms with Crippen LogP contribution in [0.25, 0.3) is 0 Å². The monoisotopic (exact) mass is 418 g/mol. The third kappa shape index (κ3) is 3.18. The molecule has 0 saturated heterocycles. The number of hydrogen-bond donors (Lipinski definition) is 1. The molecule has 0 aliphatic heterocycles. The van der Waals surface area contributed by atoms with Gasteiger partial charge in [-0.2, -0.15) is 10.5 Å². The van der Waals surface area contributed by atoms with Gasteiger partial charge in [0.05, 0.1) is 4.92 Å². The topological polar surface area (TPSA) is 103 Å². The Hall–Kier alpha value is -1.65. The SMILES string of the molecule is N#CC(C#N)=CNc1ccc(Br)c(I)c1[N+](=O)[O-]. The number of nitrogens with one attached hydrogen (secondary N) is 1. The maximum absolute atomic E-state index is 11.0. The number of benzene rings is 1. The molecule has 0 bridgehead atoms. The molecule has 8 heteroatoms. The Morgan fingerprint density at radius 1 is 1.50 bits per heavy atom. The van der Waals surface area contributed by atoms with E-state index in [0.29, 0.717) is 8.04 Å². The molecule has 0 unspecified atom stereocenters. The summed E-state index contributed by atoms with van der Waals surface area (Å²) in [6, 6.07) is 6.44. The molecule has 6 nitrogen and oxygen atoms in total. The summed E-state index contributed by atoms with van der Waals surface area (Å²) in [5, 5.41) is 30.7. The minimum atomic E-state index is -0.527. The number of nitriles is 2. The van der Waals surface area contributed by atoms with Gasteiger partial charge < -0.3 is 5.32 Å². The van der Waals surface area contributed by atoms with Gasteiger partial charge in [-0.15, -0.1) is 0 Å². The molecule has 1 aromatic carbocycles. The Morgan fingerprint density at radius 3 is 2.61 bits per heavy atom. The van der Waals surface area contributed by atoms with E-state index >= 15 is 0 Å². The zero-order valence-electron chi connectivity index (χ0n) is 8.65. The van der Waals surface area contributed by atoms with Gasteiger partial charge in [0.15, 0.2) is 0 Å². The second-order valence-corrected chi connectivity index (χ2v) is 4.87. The van der Waals surface area contributed by atoms with Crippen molar-refractivity contribution in [2.24, 2.45) is 0 Å². The summed E-state index contributed by atoms with van der Waals surface area (Å²) in [7, 11) is 0. The quantitative estimate of drug-likeness (QED) is 0.351. The molecule has 90 valence electrons. The van der Waals surface area contributed by atoms with Gasteiger partial charge >= 0.3 is 5.69 Å². The van der Waals surface area contributed by atoms with Gasteiger partial charge in [-0.05, 0) is 50.7 Å². The molecule has 0 spiro atoms. The average molecular weight is 419 g/mol. The van der Waals surface area contributed by atoms with Crippen molar-refractivity contribution < 1.29 is 4.92 Å². The van der Waals surface area contributed by atoms with E-state index in [-0.39, 0.29) is 16.9 Å². The number of nitrogens with zero attached hydrogens (tertiary/aromatic N) is 3. The first-order chi connectivity index (χ1) is 8.51. The van der Waals surface area contributed by atoms with E-state index in [2.05, 4.69) is 21.2 Å². The first-order valence-electron chi connectivity index (χ1n) is 4.40. The van der Waals surface area contributed by atoms with Crippen LogP contribution >= 0.6 is 38.5 Å². The summed E-state index contributed by atoms with van der Waals surface area (Å²) in [6.45, 7) is 0. The van der Waals surface area contributed by atoms with Gasteiger partial charge in [0, 0.05) is 10.7 Å². The Balaban J connectivity index is 3.24. The minimum absolute atomic E-state index is 0.114. The summed E-state index contributed by atoms with van der Waals surface area (Å²) in [5.41, 5.74) is -0.0609.